The summed E-state index contributed by atoms with van der Waals surface area (Å²) in [5, 5.41) is 1.12. The van der Waals surface area contributed by atoms with Crippen LogP contribution in [0.4, 0.5) is 0 Å². The number of carbonyl (C=O) groups is 1. The summed E-state index contributed by atoms with van der Waals surface area (Å²) in [4.78, 5) is 11.6. The maximum atomic E-state index is 11.6. The average molecular weight is 291 g/mol. The molecule has 0 saturated heterocycles. The van der Waals surface area contributed by atoms with E-state index in [1.165, 1.54) is 11.1 Å². The molecule has 0 aliphatic rings. The summed E-state index contributed by atoms with van der Waals surface area (Å²) in [6.07, 6.45) is 2.13. The van der Waals surface area contributed by atoms with Crippen molar-refractivity contribution < 1.29 is 4.79 Å². The van der Waals surface area contributed by atoms with E-state index in [0.29, 0.717) is 12.0 Å². The molecule has 0 amide bonds. The van der Waals surface area contributed by atoms with Gasteiger partial charge in [0.05, 0.1) is 6.04 Å². The summed E-state index contributed by atoms with van der Waals surface area (Å²) in [6, 6.07) is 18.9. The lowest BCUT2D eigenvalue weighted by molar-refractivity contribution is 0.101. The van der Waals surface area contributed by atoms with Crippen LogP contribution in [-0.2, 0) is 0 Å². The fraction of sp³-hybridized carbons (Fsp3) is 0.250. The Bertz CT molecular complexity index is 799. The lowest BCUT2D eigenvalue weighted by Crippen LogP contribution is -2.15. The van der Waals surface area contributed by atoms with Crippen molar-refractivity contribution in [3.8, 4) is 0 Å². The van der Waals surface area contributed by atoms with E-state index in [0.717, 1.165) is 10.9 Å². The third kappa shape index (κ3) is 2.57. The molecule has 1 aromatic heterocycles. The SMILES string of the molecule is CC(=O)c1ccc2c(ccn2C(c2ccccc2)C(C)C)c1. The van der Waals surface area contributed by atoms with Crippen LogP contribution >= 0.6 is 0 Å². The van der Waals surface area contributed by atoms with Gasteiger partial charge in [0.1, 0.15) is 0 Å². The highest BCUT2D eigenvalue weighted by Gasteiger charge is 2.19. The van der Waals surface area contributed by atoms with Crippen LogP contribution in [0.2, 0.25) is 0 Å². The van der Waals surface area contributed by atoms with Gasteiger partial charge in [0, 0.05) is 22.7 Å². The van der Waals surface area contributed by atoms with Crippen molar-refractivity contribution in [1.82, 2.24) is 4.57 Å². The molecule has 0 radical (unpaired) electrons. The highest BCUT2D eigenvalue weighted by Crippen LogP contribution is 2.31. The second-order valence-corrected chi connectivity index (χ2v) is 6.15. The topological polar surface area (TPSA) is 22.0 Å². The number of ketones is 1. The molecule has 0 fully saturated rings. The van der Waals surface area contributed by atoms with Crippen LogP contribution in [0.5, 0.6) is 0 Å². The van der Waals surface area contributed by atoms with Crippen LogP contribution in [-0.4, -0.2) is 10.4 Å². The van der Waals surface area contributed by atoms with E-state index in [9.17, 15) is 4.79 Å². The molecule has 3 aromatic rings. The lowest BCUT2D eigenvalue weighted by Gasteiger charge is -2.24. The Morgan fingerprint density at radius 2 is 1.73 bits per heavy atom. The smallest absolute Gasteiger partial charge is 0.159 e. The number of carbonyl (C=O) groups excluding carboxylic acids is 1. The summed E-state index contributed by atoms with van der Waals surface area (Å²) in [5.74, 6) is 0.587. The van der Waals surface area contributed by atoms with Gasteiger partial charge in [0.25, 0.3) is 0 Å². The highest BCUT2D eigenvalue weighted by atomic mass is 16.1. The van der Waals surface area contributed by atoms with Gasteiger partial charge in [-0.15, -0.1) is 0 Å². The molecule has 1 atom stereocenters. The van der Waals surface area contributed by atoms with Gasteiger partial charge in [0.15, 0.2) is 5.78 Å². The van der Waals surface area contributed by atoms with Crippen molar-refractivity contribution in [3.63, 3.8) is 0 Å². The standard InChI is InChI=1S/C20H21NO/c1-14(2)20(16-7-5-4-6-8-16)21-12-11-18-13-17(15(3)22)9-10-19(18)21/h4-14,20H,1-3H3. The maximum Gasteiger partial charge on any atom is 0.159 e. The van der Waals surface area contributed by atoms with Crippen molar-refractivity contribution in [2.45, 2.75) is 26.8 Å². The van der Waals surface area contributed by atoms with Gasteiger partial charge in [-0.05, 0) is 42.7 Å². The Morgan fingerprint density at radius 1 is 1.00 bits per heavy atom. The first kappa shape index (κ1) is 14.6. The van der Waals surface area contributed by atoms with Gasteiger partial charge < -0.3 is 4.57 Å². The Balaban J connectivity index is 2.13. The van der Waals surface area contributed by atoms with Gasteiger partial charge in [-0.3, -0.25) is 4.79 Å². The Labute approximate surface area is 131 Å². The summed E-state index contributed by atoms with van der Waals surface area (Å²) in [7, 11) is 0. The number of hydrogen-bond donors (Lipinski definition) is 0. The lowest BCUT2D eigenvalue weighted by atomic mass is 9.95. The molecule has 0 spiro atoms. The van der Waals surface area contributed by atoms with Gasteiger partial charge in [0.2, 0.25) is 0 Å². The number of fused-ring (bicyclic) bond motifs is 1. The third-order valence-electron chi connectivity index (χ3n) is 4.20. The molecule has 1 unspecified atom stereocenters. The molecule has 0 N–H and O–H groups in total. The second-order valence-electron chi connectivity index (χ2n) is 6.15. The van der Waals surface area contributed by atoms with Crippen molar-refractivity contribution in [2.24, 2.45) is 5.92 Å². The van der Waals surface area contributed by atoms with Gasteiger partial charge >= 0.3 is 0 Å². The van der Waals surface area contributed by atoms with Crippen LogP contribution in [0.15, 0.2) is 60.8 Å². The normalized spacial score (nSPS) is 12.7. The van der Waals surface area contributed by atoms with E-state index < -0.39 is 0 Å². The summed E-state index contributed by atoms with van der Waals surface area (Å²) < 4.78 is 2.32. The summed E-state index contributed by atoms with van der Waals surface area (Å²) in [6.45, 7) is 6.10. The van der Waals surface area contributed by atoms with Crippen molar-refractivity contribution in [2.75, 3.05) is 0 Å². The monoisotopic (exact) mass is 291 g/mol. The minimum Gasteiger partial charge on any atom is -0.340 e. The van der Waals surface area contributed by atoms with Crippen molar-refractivity contribution in [3.05, 3.63) is 71.9 Å². The number of hydrogen-bond acceptors (Lipinski definition) is 1. The first-order valence-corrected chi connectivity index (χ1v) is 7.74. The number of nitrogens with zero attached hydrogens (tertiary/aromatic N) is 1. The van der Waals surface area contributed by atoms with E-state index in [-0.39, 0.29) is 5.78 Å². The summed E-state index contributed by atoms with van der Waals surface area (Å²) >= 11 is 0. The van der Waals surface area contributed by atoms with E-state index in [1.54, 1.807) is 6.92 Å². The van der Waals surface area contributed by atoms with Gasteiger partial charge in [-0.25, -0.2) is 0 Å². The van der Waals surface area contributed by atoms with Crippen LogP contribution < -0.4 is 0 Å². The molecule has 3 rings (SSSR count). The number of Topliss-reactive ketones (excluding diaryl/α,β-unsaturated/α-hetero) is 1. The zero-order chi connectivity index (χ0) is 15.7. The van der Waals surface area contributed by atoms with E-state index >= 15 is 0 Å². The fourth-order valence-corrected chi connectivity index (χ4v) is 3.14. The molecule has 0 aliphatic heterocycles. The summed E-state index contributed by atoms with van der Waals surface area (Å²) in [5.41, 5.74) is 3.25. The molecule has 1 heterocycles. The predicted octanol–water partition coefficient (Wildman–Crippen LogP) is 5.09. The fourth-order valence-electron chi connectivity index (χ4n) is 3.14. The number of aromatic nitrogens is 1. The minimum atomic E-state index is 0.109. The first-order chi connectivity index (χ1) is 10.6. The van der Waals surface area contributed by atoms with Crippen molar-refractivity contribution in [1.29, 1.82) is 0 Å². The largest absolute Gasteiger partial charge is 0.340 e. The number of rotatable bonds is 4. The third-order valence-corrected chi connectivity index (χ3v) is 4.20. The van der Waals surface area contributed by atoms with E-state index in [2.05, 4.69) is 61.0 Å². The average Bonchev–Trinajstić information content (AvgIpc) is 2.91. The minimum absolute atomic E-state index is 0.109. The highest BCUT2D eigenvalue weighted by molar-refractivity contribution is 5.98. The van der Waals surface area contributed by atoms with Crippen molar-refractivity contribution >= 4 is 16.7 Å². The van der Waals surface area contributed by atoms with E-state index in [1.807, 2.05) is 18.2 Å². The quantitative estimate of drug-likeness (QED) is 0.614. The molecule has 22 heavy (non-hydrogen) atoms. The molecule has 2 aromatic carbocycles. The Hall–Kier alpha value is -2.35. The predicted molar refractivity (Wildman–Crippen MR) is 91.4 cm³/mol. The molecule has 112 valence electrons. The van der Waals surface area contributed by atoms with Crippen LogP contribution in [0, 0.1) is 5.92 Å². The molecule has 0 saturated carbocycles. The zero-order valence-electron chi connectivity index (χ0n) is 13.3. The molecule has 0 aliphatic carbocycles. The molecule has 2 heteroatoms. The molecule has 0 bridgehead atoms. The van der Waals surface area contributed by atoms with Crippen LogP contribution in [0.25, 0.3) is 10.9 Å². The molecular formula is C20H21NO. The first-order valence-electron chi connectivity index (χ1n) is 7.74. The molecule has 2 nitrogen and oxygen atoms in total. The van der Waals surface area contributed by atoms with Crippen LogP contribution in [0.3, 0.4) is 0 Å². The van der Waals surface area contributed by atoms with Crippen LogP contribution in [0.1, 0.15) is 42.7 Å². The van der Waals surface area contributed by atoms with Gasteiger partial charge in [-0.2, -0.15) is 0 Å². The second kappa shape index (κ2) is 5.80. The number of benzene rings is 2. The Kier molecular flexibility index (Phi) is 3.84. The zero-order valence-corrected chi connectivity index (χ0v) is 13.3. The Morgan fingerprint density at radius 3 is 2.36 bits per heavy atom. The van der Waals surface area contributed by atoms with Gasteiger partial charge in [-0.1, -0.05) is 44.2 Å². The van der Waals surface area contributed by atoms with E-state index in [4.69, 9.17) is 0 Å². The maximum absolute atomic E-state index is 11.6. The molecular weight excluding hydrogens is 270 g/mol.